The Kier molecular flexibility index (Phi) is 4.39. The van der Waals surface area contributed by atoms with Crippen molar-refractivity contribution in [3.05, 3.63) is 18.5 Å². The van der Waals surface area contributed by atoms with Crippen LogP contribution in [0.5, 0.6) is 0 Å². The van der Waals surface area contributed by atoms with E-state index in [0.29, 0.717) is 17.9 Å². The smallest absolute Gasteiger partial charge is 0.225 e. The fourth-order valence-electron chi connectivity index (χ4n) is 4.86. The predicted molar refractivity (Wildman–Crippen MR) is 92.7 cm³/mol. The summed E-state index contributed by atoms with van der Waals surface area (Å²) in [5.74, 6) is 2.47. The Balaban J connectivity index is 1.39. The highest BCUT2D eigenvalue weighted by Gasteiger charge is 2.43. The number of carbonyl (C=O) groups excluding carboxylic acids is 1. The molecule has 0 radical (unpaired) electrons. The SMILES string of the molecule is CC(=O)N1C[C@@H]2CCCC(N3CCN(c4ncccn4)CC3)[C@@H]2C1. The molecular weight excluding hydrogens is 302 g/mol. The molecule has 6 heteroatoms. The first-order valence-corrected chi connectivity index (χ1v) is 9.24. The summed E-state index contributed by atoms with van der Waals surface area (Å²) >= 11 is 0. The summed E-state index contributed by atoms with van der Waals surface area (Å²) in [6, 6.07) is 2.51. The van der Waals surface area contributed by atoms with Crippen molar-refractivity contribution in [3.63, 3.8) is 0 Å². The van der Waals surface area contributed by atoms with Crippen LogP contribution in [0.1, 0.15) is 26.2 Å². The van der Waals surface area contributed by atoms with Gasteiger partial charge in [-0.05, 0) is 30.7 Å². The summed E-state index contributed by atoms with van der Waals surface area (Å²) in [5, 5.41) is 0. The van der Waals surface area contributed by atoms with Gasteiger partial charge in [-0.25, -0.2) is 9.97 Å². The highest BCUT2D eigenvalue weighted by atomic mass is 16.2. The van der Waals surface area contributed by atoms with Gasteiger partial charge in [0.1, 0.15) is 0 Å². The van der Waals surface area contributed by atoms with E-state index in [9.17, 15) is 4.79 Å². The number of nitrogens with zero attached hydrogens (tertiary/aromatic N) is 5. The van der Waals surface area contributed by atoms with Crippen molar-refractivity contribution < 1.29 is 4.79 Å². The van der Waals surface area contributed by atoms with Crippen molar-refractivity contribution >= 4 is 11.9 Å². The molecule has 3 heterocycles. The molecule has 1 aliphatic carbocycles. The Morgan fingerprint density at radius 2 is 1.83 bits per heavy atom. The molecule has 1 unspecified atom stereocenters. The zero-order valence-electron chi connectivity index (χ0n) is 14.5. The van der Waals surface area contributed by atoms with Crippen LogP contribution in [0.2, 0.25) is 0 Å². The van der Waals surface area contributed by atoms with Crippen molar-refractivity contribution in [2.45, 2.75) is 32.2 Å². The molecule has 0 spiro atoms. The summed E-state index contributed by atoms with van der Waals surface area (Å²) in [6.07, 6.45) is 7.52. The number of rotatable bonds is 2. The zero-order valence-corrected chi connectivity index (χ0v) is 14.5. The first-order valence-electron chi connectivity index (χ1n) is 9.24. The lowest BCUT2D eigenvalue weighted by atomic mass is 9.77. The minimum atomic E-state index is 0.245. The number of fused-ring (bicyclic) bond motifs is 1. The number of amides is 1. The highest BCUT2D eigenvalue weighted by Crippen LogP contribution is 2.39. The quantitative estimate of drug-likeness (QED) is 0.817. The number of likely N-dealkylation sites (tertiary alicyclic amines) is 1. The van der Waals surface area contributed by atoms with Crippen LogP contribution in [0.4, 0.5) is 5.95 Å². The lowest BCUT2D eigenvalue weighted by molar-refractivity contribution is -0.128. The zero-order chi connectivity index (χ0) is 16.5. The number of carbonyl (C=O) groups is 1. The second-order valence-electron chi connectivity index (χ2n) is 7.42. The van der Waals surface area contributed by atoms with Gasteiger partial charge in [-0.3, -0.25) is 9.69 Å². The average molecular weight is 329 g/mol. The number of hydrogen-bond donors (Lipinski definition) is 0. The Bertz CT molecular complexity index is 572. The summed E-state index contributed by atoms with van der Waals surface area (Å²) in [7, 11) is 0. The van der Waals surface area contributed by atoms with Crippen molar-refractivity contribution in [1.82, 2.24) is 19.8 Å². The third-order valence-corrected chi connectivity index (χ3v) is 6.12. The molecule has 0 aromatic carbocycles. The van der Waals surface area contributed by atoms with Gasteiger partial charge in [-0.15, -0.1) is 0 Å². The Hall–Kier alpha value is -1.69. The van der Waals surface area contributed by atoms with Crippen LogP contribution in [0.3, 0.4) is 0 Å². The first kappa shape index (κ1) is 15.8. The minimum Gasteiger partial charge on any atom is -0.342 e. The van der Waals surface area contributed by atoms with E-state index in [1.807, 2.05) is 18.5 Å². The minimum absolute atomic E-state index is 0.245. The van der Waals surface area contributed by atoms with Gasteiger partial charge in [-0.2, -0.15) is 0 Å². The van der Waals surface area contributed by atoms with Gasteiger partial charge >= 0.3 is 0 Å². The molecule has 0 bridgehead atoms. The number of aromatic nitrogens is 2. The van der Waals surface area contributed by atoms with Gasteiger partial charge in [0.2, 0.25) is 11.9 Å². The molecule has 4 rings (SSSR count). The lowest BCUT2D eigenvalue weighted by Crippen LogP contribution is -2.54. The molecule has 2 aliphatic heterocycles. The molecular formula is C18H27N5O. The summed E-state index contributed by atoms with van der Waals surface area (Å²) in [6.45, 7) is 7.80. The molecule has 0 N–H and O–H groups in total. The molecule has 24 heavy (non-hydrogen) atoms. The molecule has 1 aromatic rings. The topological polar surface area (TPSA) is 52.6 Å². The number of anilines is 1. The van der Waals surface area contributed by atoms with Crippen molar-refractivity contribution in [1.29, 1.82) is 0 Å². The van der Waals surface area contributed by atoms with Crippen molar-refractivity contribution in [2.24, 2.45) is 11.8 Å². The van der Waals surface area contributed by atoms with Gasteiger partial charge in [0.25, 0.3) is 0 Å². The van der Waals surface area contributed by atoms with Gasteiger partial charge in [0, 0.05) is 64.6 Å². The normalized spacial score (nSPS) is 31.1. The maximum Gasteiger partial charge on any atom is 0.225 e. The number of piperazine rings is 1. The maximum absolute atomic E-state index is 11.8. The molecule has 2 saturated heterocycles. The first-order chi connectivity index (χ1) is 11.7. The second kappa shape index (κ2) is 6.67. The van der Waals surface area contributed by atoms with Gasteiger partial charge in [0.05, 0.1) is 0 Å². The number of hydrogen-bond acceptors (Lipinski definition) is 5. The lowest BCUT2D eigenvalue weighted by Gasteiger charge is -2.44. The van der Waals surface area contributed by atoms with Crippen molar-refractivity contribution in [3.8, 4) is 0 Å². The van der Waals surface area contributed by atoms with E-state index >= 15 is 0 Å². The van der Waals surface area contributed by atoms with E-state index in [2.05, 4.69) is 24.7 Å². The summed E-state index contributed by atoms with van der Waals surface area (Å²) in [5.41, 5.74) is 0. The van der Waals surface area contributed by atoms with E-state index < -0.39 is 0 Å². The largest absolute Gasteiger partial charge is 0.342 e. The Morgan fingerprint density at radius 3 is 2.54 bits per heavy atom. The fourth-order valence-corrected chi connectivity index (χ4v) is 4.86. The molecule has 3 aliphatic rings. The van der Waals surface area contributed by atoms with Gasteiger partial charge in [-0.1, -0.05) is 6.42 Å². The molecule has 3 atom stereocenters. The van der Waals surface area contributed by atoms with Gasteiger partial charge < -0.3 is 9.80 Å². The second-order valence-corrected chi connectivity index (χ2v) is 7.42. The molecule has 1 amide bonds. The molecule has 130 valence electrons. The fraction of sp³-hybridized carbons (Fsp3) is 0.722. The monoisotopic (exact) mass is 329 g/mol. The molecule has 1 saturated carbocycles. The van der Waals surface area contributed by atoms with Crippen LogP contribution in [-0.2, 0) is 4.79 Å². The van der Waals surface area contributed by atoms with E-state index in [0.717, 1.165) is 45.2 Å². The third kappa shape index (κ3) is 2.99. The van der Waals surface area contributed by atoms with Gasteiger partial charge in [0.15, 0.2) is 0 Å². The average Bonchev–Trinajstić information content (AvgIpc) is 3.07. The molecule has 3 fully saturated rings. The van der Waals surface area contributed by atoms with E-state index in [1.54, 1.807) is 6.92 Å². The van der Waals surface area contributed by atoms with Crippen LogP contribution >= 0.6 is 0 Å². The maximum atomic E-state index is 11.8. The van der Waals surface area contributed by atoms with Crippen LogP contribution in [-0.4, -0.2) is 71.0 Å². The van der Waals surface area contributed by atoms with E-state index in [1.165, 1.54) is 19.3 Å². The van der Waals surface area contributed by atoms with E-state index in [-0.39, 0.29) is 5.91 Å². The summed E-state index contributed by atoms with van der Waals surface area (Å²) in [4.78, 5) is 27.5. The molecule has 1 aromatic heterocycles. The summed E-state index contributed by atoms with van der Waals surface area (Å²) < 4.78 is 0. The van der Waals surface area contributed by atoms with Crippen LogP contribution in [0, 0.1) is 11.8 Å². The standard InChI is InChI=1S/C18H27N5O/c1-14(24)23-12-15-4-2-5-17(16(15)13-23)21-8-10-22(11-9-21)18-19-6-3-7-20-18/h3,6-7,15-17H,2,4-5,8-13H2,1H3/t15-,16+,17?/m0/s1. The van der Waals surface area contributed by atoms with Crippen LogP contribution < -0.4 is 4.90 Å². The highest BCUT2D eigenvalue weighted by molar-refractivity contribution is 5.73. The van der Waals surface area contributed by atoms with Crippen molar-refractivity contribution in [2.75, 3.05) is 44.2 Å². The Morgan fingerprint density at radius 1 is 1.08 bits per heavy atom. The van der Waals surface area contributed by atoms with Crippen LogP contribution in [0.25, 0.3) is 0 Å². The molecule has 6 nitrogen and oxygen atoms in total. The van der Waals surface area contributed by atoms with E-state index in [4.69, 9.17) is 0 Å². The van der Waals surface area contributed by atoms with Crippen LogP contribution in [0.15, 0.2) is 18.5 Å². The predicted octanol–water partition coefficient (Wildman–Crippen LogP) is 1.25. The third-order valence-electron chi connectivity index (χ3n) is 6.12. The Labute approximate surface area is 143 Å².